The van der Waals surface area contributed by atoms with Gasteiger partial charge in [0.25, 0.3) is 0 Å². The number of rotatable bonds is 4. The summed E-state index contributed by atoms with van der Waals surface area (Å²) in [7, 11) is 0. The third kappa shape index (κ3) is 3.34. The van der Waals surface area contributed by atoms with Crippen molar-refractivity contribution >= 4 is 28.2 Å². The minimum absolute atomic E-state index is 0.403. The summed E-state index contributed by atoms with van der Waals surface area (Å²) in [6, 6.07) is 7.97. The molecule has 6 nitrogen and oxygen atoms in total. The van der Waals surface area contributed by atoms with Gasteiger partial charge in [0.15, 0.2) is 5.82 Å². The standard InChI is InChI=1S/C19H20N6/c1-12(2)14-8-19(25-22-11-14)24-18-4-3-16-17(23-18)7-15(10-21-16)13-5-6-20-9-13/h3-5,7-8,10-12,20H,6,9H2,1-2H3,(H,23,24,25). The Hall–Kier alpha value is -2.86. The maximum atomic E-state index is 4.69. The lowest BCUT2D eigenvalue weighted by Crippen LogP contribution is -2.07. The molecule has 1 aliphatic heterocycles. The molecular weight excluding hydrogens is 312 g/mol. The second kappa shape index (κ2) is 6.57. The van der Waals surface area contributed by atoms with Crippen molar-refractivity contribution in [1.82, 2.24) is 25.5 Å². The van der Waals surface area contributed by atoms with E-state index in [0.29, 0.717) is 11.7 Å². The van der Waals surface area contributed by atoms with Gasteiger partial charge in [-0.15, -0.1) is 5.10 Å². The fourth-order valence-corrected chi connectivity index (χ4v) is 2.84. The number of nitrogens with one attached hydrogen (secondary N) is 2. The molecular formula is C19H20N6. The van der Waals surface area contributed by atoms with Crippen LogP contribution in [0.4, 0.5) is 11.6 Å². The molecule has 0 spiro atoms. The maximum absolute atomic E-state index is 4.69. The molecule has 3 aromatic rings. The highest BCUT2D eigenvalue weighted by Gasteiger charge is 2.09. The van der Waals surface area contributed by atoms with Crippen LogP contribution in [0.5, 0.6) is 0 Å². The summed E-state index contributed by atoms with van der Waals surface area (Å²) in [6.45, 7) is 6.06. The van der Waals surface area contributed by atoms with Crippen LogP contribution in [0, 0.1) is 0 Å². The molecule has 1 aliphatic rings. The number of fused-ring (bicyclic) bond motifs is 1. The Balaban J connectivity index is 1.64. The third-order valence-electron chi connectivity index (χ3n) is 4.31. The van der Waals surface area contributed by atoms with E-state index in [-0.39, 0.29) is 0 Å². The van der Waals surface area contributed by atoms with Crippen LogP contribution in [0.3, 0.4) is 0 Å². The Bertz CT molecular complexity index is 948. The number of pyridine rings is 2. The first-order valence-electron chi connectivity index (χ1n) is 8.45. The zero-order chi connectivity index (χ0) is 17.2. The van der Waals surface area contributed by atoms with E-state index in [1.165, 1.54) is 5.57 Å². The molecule has 0 aliphatic carbocycles. The fourth-order valence-electron chi connectivity index (χ4n) is 2.84. The highest BCUT2D eigenvalue weighted by atomic mass is 15.2. The van der Waals surface area contributed by atoms with Gasteiger partial charge in [0.1, 0.15) is 5.82 Å². The summed E-state index contributed by atoms with van der Waals surface area (Å²) in [5, 5.41) is 14.8. The molecule has 0 aromatic carbocycles. The van der Waals surface area contributed by atoms with Crippen LogP contribution in [0.25, 0.3) is 16.6 Å². The molecule has 4 heterocycles. The van der Waals surface area contributed by atoms with E-state index in [4.69, 9.17) is 0 Å². The predicted octanol–water partition coefficient (Wildman–Crippen LogP) is 3.27. The number of hydrogen-bond acceptors (Lipinski definition) is 6. The summed E-state index contributed by atoms with van der Waals surface area (Å²) < 4.78 is 0. The number of nitrogens with zero attached hydrogens (tertiary/aromatic N) is 4. The Morgan fingerprint density at radius 1 is 1.08 bits per heavy atom. The van der Waals surface area contributed by atoms with Crippen molar-refractivity contribution in [3.63, 3.8) is 0 Å². The second-order valence-electron chi connectivity index (χ2n) is 6.47. The minimum atomic E-state index is 0.403. The first-order chi connectivity index (χ1) is 12.2. The largest absolute Gasteiger partial charge is 0.323 e. The Morgan fingerprint density at radius 2 is 2.00 bits per heavy atom. The van der Waals surface area contributed by atoms with E-state index in [1.54, 1.807) is 6.20 Å². The molecule has 0 amide bonds. The van der Waals surface area contributed by atoms with Crippen molar-refractivity contribution in [2.45, 2.75) is 19.8 Å². The van der Waals surface area contributed by atoms with Crippen molar-refractivity contribution in [1.29, 1.82) is 0 Å². The monoisotopic (exact) mass is 332 g/mol. The minimum Gasteiger partial charge on any atom is -0.323 e. The lowest BCUT2D eigenvalue weighted by molar-refractivity contribution is 0.843. The lowest BCUT2D eigenvalue weighted by atomic mass is 10.1. The fraction of sp³-hybridized carbons (Fsp3) is 0.263. The average Bonchev–Trinajstić information content (AvgIpc) is 3.16. The van der Waals surface area contributed by atoms with Gasteiger partial charge in [-0.3, -0.25) is 4.98 Å². The third-order valence-corrected chi connectivity index (χ3v) is 4.31. The van der Waals surface area contributed by atoms with Crippen LogP contribution in [-0.4, -0.2) is 33.3 Å². The highest BCUT2D eigenvalue weighted by molar-refractivity contribution is 5.81. The Morgan fingerprint density at radius 3 is 2.80 bits per heavy atom. The topological polar surface area (TPSA) is 75.6 Å². The van der Waals surface area contributed by atoms with E-state index >= 15 is 0 Å². The smallest absolute Gasteiger partial charge is 0.154 e. The predicted molar refractivity (Wildman–Crippen MR) is 99.8 cm³/mol. The summed E-state index contributed by atoms with van der Waals surface area (Å²) in [6.07, 6.45) is 5.90. The lowest BCUT2D eigenvalue weighted by Gasteiger charge is -2.09. The number of anilines is 2. The number of hydrogen-bond donors (Lipinski definition) is 2. The first-order valence-corrected chi connectivity index (χ1v) is 8.45. The first kappa shape index (κ1) is 15.7. The Kier molecular flexibility index (Phi) is 4.11. The van der Waals surface area contributed by atoms with E-state index in [1.807, 2.05) is 24.4 Å². The average molecular weight is 332 g/mol. The van der Waals surface area contributed by atoms with Crippen molar-refractivity contribution < 1.29 is 0 Å². The molecule has 0 radical (unpaired) electrons. The second-order valence-corrected chi connectivity index (χ2v) is 6.47. The molecule has 0 saturated carbocycles. The zero-order valence-electron chi connectivity index (χ0n) is 14.3. The van der Waals surface area contributed by atoms with E-state index in [9.17, 15) is 0 Å². The summed E-state index contributed by atoms with van der Waals surface area (Å²) in [4.78, 5) is 9.21. The van der Waals surface area contributed by atoms with Gasteiger partial charge in [0.2, 0.25) is 0 Å². The van der Waals surface area contributed by atoms with Crippen LogP contribution in [0.1, 0.15) is 30.9 Å². The van der Waals surface area contributed by atoms with Gasteiger partial charge in [-0.25, -0.2) is 4.98 Å². The molecule has 0 bridgehead atoms. The van der Waals surface area contributed by atoms with Gasteiger partial charge in [-0.05, 0) is 46.9 Å². The van der Waals surface area contributed by atoms with Crippen molar-refractivity contribution in [3.8, 4) is 0 Å². The van der Waals surface area contributed by atoms with Crippen molar-refractivity contribution in [2.24, 2.45) is 0 Å². The van der Waals surface area contributed by atoms with Crippen LogP contribution in [0.15, 0.2) is 42.7 Å². The summed E-state index contributed by atoms with van der Waals surface area (Å²) >= 11 is 0. The highest BCUT2D eigenvalue weighted by Crippen LogP contribution is 2.22. The molecule has 0 atom stereocenters. The normalized spacial score (nSPS) is 14.1. The van der Waals surface area contributed by atoms with Crippen LogP contribution >= 0.6 is 0 Å². The maximum Gasteiger partial charge on any atom is 0.154 e. The summed E-state index contributed by atoms with van der Waals surface area (Å²) in [5.74, 6) is 1.84. The summed E-state index contributed by atoms with van der Waals surface area (Å²) in [5.41, 5.74) is 5.27. The van der Waals surface area contributed by atoms with Crippen LogP contribution in [0.2, 0.25) is 0 Å². The van der Waals surface area contributed by atoms with Crippen molar-refractivity contribution in [2.75, 3.05) is 18.4 Å². The van der Waals surface area contributed by atoms with Gasteiger partial charge in [-0.1, -0.05) is 19.9 Å². The van der Waals surface area contributed by atoms with Gasteiger partial charge in [0.05, 0.1) is 17.2 Å². The van der Waals surface area contributed by atoms with Crippen LogP contribution in [-0.2, 0) is 0 Å². The molecule has 6 heteroatoms. The quantitative estimate of drug-likeness (QED) is 0.764. The van der Waals surface area contributed by atoms with Crippen molar-refractivity contribution in [3.05, 3.63) is 53.9 Å². The molecule has 25 heavy (non-hydrogen) atoms. The van der Waals surface area contributed by atoms with Gasteiger partial charge in [-0.2, -0.15) is 5.10 Å². The zero-order valence-corrected chi connectivity index (χ0v) is 14.3. The van der Waals surface area contributed by atoms with Gasteiger partial charge < -0.3 is 10.6 Å². The molecule has 0 saturated heterocycles. The van der Waals surface area contributed by atoms with Gasteiger partial charge in [0, 0.05) is 19.3 Å². The van der Waals surface area contributed by atoms with Gasteiger partial charge >= 0.3 is 0 Å². The molecule has 2 N–H and O–H groups in total. The van der Waals surface area contributed by atoms with E-state index in [2.05, 4.69) is 56.8 Å². The van der Waals surface area contributed by atoms with Crippen LogP contribution < -0.4 is 10.6 Å². The molecule has 4 rings (SSSR count). The van der Waals surface area contributed by atoms with E-state index < -0.39 is 0 Å². The molecule has 126 valence electrons. The molecule has 3 aromatic heterocycles. The Labute approximate surface area is 146 Å². The molecule has 0 fully saturated rings. The van der Waals surface area contributed by atoms with E-state index in [0.717, 1.165) is 41.1 Å². The molecule has 0 unspecified atom stereocenters. The SMILES string of the molecule is CC(C)c1cnnc(Nc2ccc3ncc(C4=CCNC4)cc3n2)c1. The number of aromatic nitrogens is 4.